The van der Waals surface area contributed by atoms with Gasteiger partial charge < -0.3 is 10.2 Å². The number of fused-ring (bicyclic) bond motifs is 1. The number of hydrogen-bond acceptors (Lipinski definition) is 4. The summed E-state index contributed by atoms with van der Waals surface area (Å²) >= 11 is 1.88. The maximum absolute atomic E-state index is 4.98. The maximum atomic E-state index is 4.98. The van der Waals surface area contributed by atoms with Crippen molar-refractivity contribution in [2.45, 2.75) is 66.0 Å². The quantitative estimate of drug-likeness (QED) is 0.881. The second-order valence-corrected chi connectivity index (χ2v) is 8.79. The Labute approximate surface area is 134 Å². The fourth-order valence-corrected chi connectivity index (χ4v) is 4.59. The summed E-state index contributed by atoms with van der Waals surface area (Å²) in [5, 5.41) is 4.67. The van der Waals surface area contributed by atoms with Crippen molar-refractivity contribution < 1.29 is 0 Å². The Morgan fingerprint density at radius 2 is 2.05 bits per heavy atom. The van der Waals surface area contributed by atoms with Crippen molar-refractivity contribution in [1.29, 1.82) is 0 Å². The van der Waals surface area contributed by atoms with Crippen LogP contribution in [0.15, 0.2) is 0 Å². The molecular weight excluding hydrogens is 278 g/mol. The average molecular weight is 310 g/mol. The summed E-state index contributed by atoms with van der Waals surface area (Å²) in [6.07, 6.45) is 3.51. The molecule has 1 N–H and O–H groups in total. The van der Waals surface area contributed by atoms with Crippen molar-refractivity contribution in [3.05, 3.63) is 10.6 Å². The molecule has 3 nitrogen and oxygen atoms in total. The second kappa shape index (κ2) is 6.25. The summed E-state index contributed by atoms with van der Waals surface area (Å²) < 4.78 is 0. The van der Waals surface area contributed by atoms with Crippen LogP contribution in [0.3, 0.4) is 0 Å². The van der Waals surface area contributed by atoms with E-state index in [0.29, 0.717) is 17.5 Å². The van der Waals surface area contributed by atoms with Crippen LogP contribution in [-0.2, 0) is 6.42 Å². The van der Waals surface area contributed by atoms with E-state index in [-0.39, 0.29) is 0 Å². The van der Waals surface area contributed by atoms with Gasteiger partial charge in [-0.25, -0.2) is 4.98 Å². The highest BCUT2D eigenvalue weighted by Crippen LogP contribution is 2.44. The lowest BCUT2D eigenvalue weighted by atomic mass is 9.76. The Kier molecular flexibility index (Phi) is 4.99. The van der Waals surface area contributed by atoms with Crippen molar-refractivity contribution in [3.63, 3.8) is 0 Å². The highest BCUT2D eigenvalue weighted by Gasteiger charge is 2.35. The van der Waals surface area contributed by atoms with Gasteiger partial charge in [0.25, 0.3) is 0 Å². The molecule has 1 aromatic heterocycles. The summed E-state index contributed by atoms with van der Waals surface area (Å²) in [6.45, 7) is 11.6. The van der Waals surface area contributed by atoms with Gasteiger partial charge in [-0.2, -0.15) is 0 Å². The van der Waals surface area contributed by atoms with Crippen LogP contribution < -0.4 is 10.2 Å². The molecule has 1 aliphatic carbocycles. The van der Waals surface area contributed by atoms with Gasteiger partial charge in [-0.15, -0.1) is 0 Å². The molecule has 2 rings (SSSR count). The molecule has 1 aromatic rings. The molecule has 0 saturated heterocycles. The molecule has 4 heteroatoms. The number of aromatic nitrogens is 1. The van der Waals surface area contributed by atoms with Crippen LogP contribution in [0.5, 0.6) is 0 Å². The van der Waals surface area contributed by atoms with Crippen LogP contribution in [0.2, 0.25) is 0 Å². The van der Waals surface area contributed by atoms with E-state index in [1.165, 1.54) is 28.5 Å². The molecule has 0 bridgehead atoms. The van der Waals surface area contributed by atoms with Crippen LogP contribution in [0.25, 0.3) is 0 Å². The normalized spacial score (nSPS) is 22.2. The molecule has 0 aromatic carbocycles. The predicted molar refractivity (Wildman–Crippen MR) is 93.3 cm³/mol. The lowest BCUT2D eigenvalue weighted by molar-refractivity contribution is 0.265. The molecule has 1 heterocycles. The molecular formula is C17H31N3S. The lowest BCUT2D eigenvalue weighted by Gasteiger charge is -2.34. The van der Waals surface area contributed by atoms with Gasteiger partial charge in [0.1, 0.15) is 0 Å². The minimum Gasteiger partial charge on any atom is -0.348 e. The van der Waals surface area contributed by atoms with E-state index in [1.54, 1.807) is 0 Å². The Hall–Kier alpha value is -0.610. The van der Waals surface area contributed by atoms with E-state index >= 15 is 0 Å². The van der Waals surface area contributed by atoms with Crippen molar-refractivity contribution in [2.75, 3.05) is 19.0 Å². The van der Waals surface area contributed by atoms with Gasteiger partial charge in [0.05, 0.1) is 5.69 Å². The van der Waals surface area contributed by atoms with Gasteiger partial charge in [-0.1, -0.05) is 39.0 Å². The largest absolute Gasteiger partial charge is 0.348 e. The highest BCUT2D eigenvalue weighted by atomic mass is 32.1. The first-order chi connectivity index (χ1) is 9.73. The van der Waals surface area contributed by atoms with Gasteiger partial charge in [0.15, 0.2) is 5.13 Å². The molecule has 0 radical (unpaired) electrons. The summed E-state index contributed by atoms with van der Waals surface area (Å²) in [6, 6.07) is 1.00. The Bertz CT molecular complexity index is 478. The Balaban J connectivity index is 2.23. The van der Waals surface area contributed by atoms with E-state index in [0.717, 1.165) is 12.3 Å². The third kappa shape index (κ3) is 3.78. The molecule has 0 fully saturated rings. The first kappa shape index (κ1) is 16.8. The van der Waals surface area contributed by atoms with Gasteiger partial charge in [0, 0.05) is 24.0 Å². The van der Waals surface area contributed by atoms with Crippen LogP contribution >= 0.6 is 11.3 Å². The molecule has 0 spiro atoms. The van der Waals surface area contributed by atoms with Crippen LogP contribution in [0.1, 0.15) is 64.1 Å². The maximum Gasteiger partial charge on any atom is 0.185 e. The number of nitrogens with zero attached hydrogens (tertiary/aromatic N) is 2. The SMILES string of the molecule is CNC1CC(C)(C)Cc2nc(N(C)C(C)CC(C)C)sc21. The third-order valence-electron chi connectivity index (χ3n) is 4.56. The summed E-state index contributed by atoms with van der Waals surface area (Å²) in [5.41, 5.74) is 1.66. The molecule has 2 atom stereocenters. The number of thiazole rings is 1. The first-order valence-electron chi connectivity index (χ1n) is 8.13. The van der Waals surface area contributed by atoms with Crippen molar-refractivity contribution in [3.8, 4) is 0 Å². The minimum atomic E-state index is 0.341. The summed E-state index contributed by atoms with van der Waals surface area (Å²) in [5.74, 6) is 0.723. The molecule has 1 aliphatic rings. The third-order valence-corrected chi connectivity index (χ3v) is 5.86. The molecule has 0 amide bonds. The van der Waals surface area contributed by atoms with Gasteiger partial charge in [0.2, 0.25) is 0 Å². The predicted octanol–water partition coefficient (Wildman–Crippen LogP) is 4.25. The van der Waals surface area contributed by atoms with Gasteiger partial charge in [-0.05, 0) is 44.6 Å². The Morgan fingerprint density at radius 3 is 2.62 bits per heavy atom. The fraction of sp³-hybridized carbons (Fsp3) is 0.824. The molecule has 120 valence electrons. The zero-order chi connectivity index (χ0) is 15.8. The number of anilines is 1. The number of hydrogen-bond donors (Lipinski definition) is 1. The molecule has 21 heavy (non-hydrogen) atoms. The fourth-order valence-electron chi connectivity index (χ4n) is 3.33. The minimum absolute atomic E-state index is 0.341. The van der Waals surface area contributed by atoms with E-state index < -0.39 is 0 Å². The van der Waals surface area contributed by atoms with E-state index in [2.05, 4.69) is 58.9 Å². The summed E-state index contributed by atoms with van der Waals surface area (Å²) in [4.78, 5) is 8.80. The highest BCUT2D eigenvalue weighted by molar-refractivity contribution is 7.15. The molecule has 2 unspecified atom stereocenters. The first-order valence-corrected chi connectivity index (χ1v) is 8.95. The zero-order valence-electron chi connectivity index (χ0n) is 14.7. The summed E-state index contributed by atoms with van der Waals surface area (Å²) in [7, 11) is 4.26. The molecule has 0 saturated carbocycles. The zero-order valence-corrected chi connectivity index (χ0v) is 15.5. The number of nitrogens with one attached hydrogen (secondary N) is 1. The molecule has 0 aliphatic heterocycles. The lowest BCUT2D eigenvalue weighted by Crippen LogP contribution is -2.31. The average Bonchev–Trinajstić information content (AvgIpc) is 2.78. The Morgan fingerprint density at radius 1 is 1.38 bits per heavy atom. The van der Waals surface area contributed by atoms with Crippen LogP contribution in [0, 0.1) is 11.3 Å². The number of rotatable bonds is 5. The standard InChI is InChI=1S/C17H31N3S/c1-11(2)8-12(3)20(7)16-19-14-10-17(4,5)9-13(18-6)15(14)21-16/h11-13,18H,8-10H2,1-7H3. The topological polar surface area (TPSA) is 28.2 Å². The van der Waals surface area contributed by atoms with Gasteiger partial charge >= 0.3 is 0 Å². The van der Waals surface area contributed by atoms with Crippen LogP contribution in [-0.4, -0.2) is 25.1 Å². The monoisotopic (exact) mass is 309 g/mol. The van der Waals surface area contributed by atoms with Crippen LogP contribution in [0.4, 0.5) is 5.13 Å². The van der Waals surface area contributed by atoms with E-state index in [4.69, 9.17) is 4.98 Å². The van der Waals surface area contributed by atoms with E-state index in [1.807, 2.05) is 11.3 Å². The van der Waals surface area contributed by atoms with Gasteiger partial charge in [-0.3, -0.25) is 0 Å². The van der Waals surface area contributed by atoms with Crippen molar-refractivity contribution in [2.24, 2.45) is 11.3 Å². The van der Waals surface area contributed by atoms with Crippen molar-refractivity contribution >= 4 is 16.5 Å². The van der Waals surface area contributed by atoms with E-state index in [9.17, 15) is 0 Å². The second-order valence-electron chi connectivity index (χ2n) is 7.78. The smallest absolute Gasteiger partial charge is 0.185 e. The van der Waals surface area contributed by atoms with Crippen molar-refractivity contribution in [1.82, 2.24) is 10.3 Å².